The molecule has 2 amide bonds. The molecule has 8 heteroatoms. The molecule has 0 unspecified atom stereocenters. The Morgan fingerprint density at radius 3 is 2.55 bits per heavy atom. The van der Waals surface area contributed by atoms with Crippen LogP contribution in [-0.4, -0.2) is 22.6 Å². The average molecular weight is 452 g/mol. The number of hydrogen-bond acceptors (Lipinski definition) is 5. The molecule has 0 aliphatic rings. The lowest BCUT2D eigenvalue weighted by molar-refractivity contribution is -0.116. The van der Waals surface area contributed by atoms with E-state index in [1.807, 2.05) is 42.5 Å². The number of amides is 2. The first-order valence-electron chi connectivity index (χ1n) is 9.47. The Balaban J connectivity index is 1.29. The van der Waals surface area contributed by atoms with Crippen LogP contribution in [0.15, 0.2) is 76.4 Å². The van der Waals surface area contributed by atoms with Crippen molar-refractivity contribution in [3.8, 4) is 0 Å². The summed E-state index contributed by atoms with van der Waals surface area (Å²) in [5, 5.41) is 9.52. The van der Waals surface area contributed by atoms with Gasteiger partial charge in [0, 0.05) is 22.1 Å². The van der Waals surface area contributed by atoms with Crippen molar-refractivity contribution >= 4 is 57.1 Å². The molecule has 0 bridgehead atoms. The van der Waals surface area contributed by atoms with Crippen molar-refractivity contribution < 1.29 is 14.0 Å². The zero-order valence-corrected chi connectivity index (χ0v) is 17.9. The molecule has 0 aliphatic carbocycles. The molecule has 1 heterocycles. The molecule has 0 saturated heterocycles. The van der Waals surface area contributed by atoms with Crippen LogP contribution in [-0.2, 0) is 16.0 Å². The molecule has 5 nitrogen and oxygen atoms in total. The van der Waals surface area contributed by atoms with Gasteiger partial charge in [-0.3, -0.25) is 9.59 Å². The van der Waals surface area contributed by atoms with E-state index in [0.717, 1.165) is 20.8 Å². The Morgan fingerprint density at radius 2 is 1.71 bits per heavy atom. The van der Waals surface area contributed by atoms with Crippen molar-refractivity contribution in [1.82, 2.24) is 4.98 Å². The molecular formula is C23H18FN3O2S2. The van der Waals surface area contributed by atoms with Gasteiger partial charge in [-0.05, 0) is 35.7 Å². The number of hydrogen-bond donors (Lipinski definition) is 2. The molecule has 31 heavy (non-hydrogen) atoms. The Kier molecular flexibility index (Phi) is 6.59. The summed E-state index contributed by atoms with van der Waals surface area (Å²) in [5.41, 5.74) is 1.93. The number of rotatable bonds is 7. The Labute approximate surface area is 186 Å². The lowest BCUT2D eigenvalue weighted by atomic mass is 10.1. The van der Waals surface area contributed by atoms with E-state index in [1.54, 1.807) is 5.38 Å². The fourth-order valence-corrected chi connectivity index (χ4v) is 4.63. The molecule has 4 rings (SSSR count). The van der Waals surface area contributed by atoms with Crippen LogP contribution in [0, 0.1) is 5.82 Å². The van der Waals surface area contributed by atoms with Crippen LogP contribution in [0.4, 0.5) is 15.8 Å². The predicted octanol–water partition coefficient (Wildman–Crippen LogP) is 5.35. The summed E-state index contributed by atoms with van der Waals surface area (Å²) >= 11 is 2.72. The second kappa shape index (κ2) is 9.72. The first kappa shape index (κ1) is 21.0. The van der Waals surface area contributed by atoms with Crippen molar-refractivity contribution in [2.75, 3.05) is 16.4 Å². The number of anilines is 2. The highest BCUT2D eigenvalue weighted by atomic mass is 32.2. The fraction of sp³-hybridized carbons (Fsp3) is 0.0870. The minimum Gasteiger partial charge on any atom is -0.326 e. The van der Waals surface area contributed by atoms with Gasteiger partial charge in [-0.1, -0.05) is 48.2 Å². The van der Waals surface area contributed by atoms with E-state index in [0.29, 0.717) is 11.4 Å². The van der Waals surface area contributed by atoms with Crippen molar-refractivity contribution in [1.29, 1.82) is 0 Å². The highest BCUT2D eigenvalue weighted by Gasteiger charge is 2.11. The molecule has 0 radical (unpaired) electrons. The van der Waals surface area contributed by atoms with Gasteiger partial charge in [0.15, 0.2) is 4.34 Å². The van der Waals surface area contributed by atoms with Gasteiger partial charge in [0.25, 0.3) is 0 Å². The predicted molar refractivity (Wildman–Crippen MR) is 124 cm³/mol. The van der Waals surface area contributed by atoms with Crippen molar-refractivity contribution in [2.24, 2.45) is 0 Å². The van der Waals surface area contributed by atoms with Crippen molar-refractivity contribution in [2.45, 2.75) is 10.8 Å². The second-order valence-corrected chi connectivity index (χ2v) is 8.78. The number of thioether (sulfide) groups is 1. The van der Waals surface area contributed by atoms with Gasteiger partial charge in [0.1, 0.15) is 5.82 Å². The van der Waals surface area contributed by atoms with Gasteiger partial charge < -0.3 is 10.6 Å². The highest BCUT2D eigenvalue weighted by Crippen LogP contribution is 2.25. The zero-order valence-electron chi connectivity index (χ0n) is 16.3. The van der Waals surface area contributed by atoms with E-state index in [1.165, 1.54) is 47.4 Å². The van der Waals surface area contributed by atoms with Gasteiger partial charge in [-0.2, -0.15) is 0 Å². The fourth-order valence-electron chi connectivity index (χ4n) is 2.99. The summed E-state index contributed by atoms with van der Waals surface area (Å²) in [5.74, 6) is -0.490. The maximum atomic E-state index is 12.9. The first-order chi connectivity index (χ1) is 15.1. The van der Waals surface area contributed by atoms with Crippen LogP contribution >= 0.6 is 23.1 Å². The van der Waals surface area contributed by atoms with Gasteiger partial charge in [0.2, 0.25) is 11.8 Å². The summed E-state index contributed by atoms with van der Waals surface area (Å²) in [4.78, 5) is 29.0. The van der Waals surface area contributed by atoms with Crippen LogP contribution in [0.5, 0.6) is 0 Å². The van der Waals surface area contributed by atoms with Gasteiger partial charge in [0.05, 0.1) is 17.9 Å². The van der Waals surface area contributed by atoms with Crippen molar-refractivity contribution in [3.63, 3.8) is 0 Å². The molecule has 1 aromatic heterocycles. The zero-order chi connectivity index (χ0) is 21.6. The van der Waals surface area contributed by atoms with Crippen LogP contribution < -0.4 is 10.6 Å². The molecule has 0 spiro atoms. The minimum absolute atomic E-state index is 0.108. The average Bonchev–Trinajstić information content (AvgIpc) is 3.21. The molecule has 156 valence electrons. The summed E-state index contributed by atoms with van der Waals surface area (Å²) in [6.45, 7) is 0. The molecule has 0 atom stereocenters. The number of fused-ring (bicyclic) bond motifs is 1. The van der Waals surface area contributed by atoms with Crippen LogP contribution in [0.25, 0.3) is 10.8 Å². The van der Waals surface area contributed by atoms with E-state index in [4.69, 9.17) is 0 Å². The van der Waals surface area contributed by atoms with E-state index < -0.39 is 0 Å². The molecule has 0 saturated carbocycles. The molecule has 3 aromatic carbocycles. The highest BCUT2D eigenvalue weighted by molar-refractivity contribution is 8.01. The van der Waals surface area contributed by atoms with Gasteiger partial charge >= 0.3 is 0 Å². The number of carbonyl (C=O) groups is 2. The number of nitrogens with zero attached hydrogens (tertiary/aromatic N) is 1. The third kappa shape index (κ3) is 5.68. The summed E-state index contributed by atoms with van der Waals surface area (Å²) < 4.78 is 13.7. The van der Waals surface area contributed by atoms with E-state index in [9.17, 15) is 14.0 Å². The second-order valence-electron chi connectivity index (χ2n) is 6.70. The Morgan fingerprint density at radius 1 is 0.935 bits per heavy atom. The molecule has 0 fully saturated rings. The molecule has 2 N–H and O–H groups in total. The third-order valence-corrected chi connectivity index (χ3v) is 6.46. The monoisotopic (exact) mass is 451 g/mol. The van der Waals surface area contributed by atoms with E-state index >= 15 is 0 Å². The van der Waals surface area contributed by atoms with Crippen molar-refractivity contribution in [3.05, 3.63) is 83.6 Å². The third-order valence-electron chi connectivity index (χ3n) is 4.39. The number of nitrogens with one attached hydrogen (secondary N) is 2. The van der Waals surface area contributed by atoms with E-state index in [2.05, 4.69) is 15.6 Å². The minimum atomic E-state index is -0.358. The number of carbonyl (C=O) groups excluding carboxylic acids is 2. The van der Waals surface area contributed by atoms with Crippen LogP contribution in [0.1, 0.15) is 5.69 Å². The van der Waals surface area contributed by atoms with Crippen LogP contribution in [0.3, 0.4) is 0 Å². The number of thiazole rings is 1. The molecular weight excluding hydrogens is 433 g/mol. The Bertz CT molecular complexity index is 1220. The van der Waals surface area contributed by atoms with E-state index in [-0.39, 0.29) is 29.8 Å². The molecule has 4 aromatic rings. The van der Waals surface area contributed by atoms with Crippen LogP contribution in [0.2, 0.25) is 0 Å². The topological polar surface area (TPSA) is 71.1 Å². The summed E-state index contributed by atoms with van der Waals surface area (Å²) in [6.07, 6.45) is 0.108. The maximum absolute atomic E-state index is 12.9. The largest absolute Gasteiger partial charge is 0.326 e. The first-order valence-corrected chi connectivity index (χ1v) is 11.3. The lowest BCUT2D eigenvalue weighted by Gasteiger charge is -2.08. The number of aromatic nitrogens is 1. The standard InChI is InChI=1S/C23H18FN3O2S2/c24-16-8-10-17(11-9-16)25-21(28)12-18-13-30-23(26-18)31-14-22(29)27-20-7-3-5-15-4-1-2-6-19(15)20/h1-11,13H,12,14H2,(H,25,28)(H,27,29). The summed E-state index contributed by atoms with van der Waals surface area (Å²) in [6, 6.07) is 19.3. The SMILES string of the molecule is O=C(Cc1csc(SCC(=O)Nc2cccc3ccccc23)n1)Nc1ccc(F)cc1. The Hall–Kier alpha value is -3.23. The number of benzene rings is 3. The molecule has 0 aliphatic heterocycles. The lowest BCUT2D eigenvalue weighted by Crippen LogP contribution is -2.15. The smallest absolute Gasteiger partial charge is 0.234 e. The number of halogens is 1. The van der Waals surface area contributed by atoms with Gasteiger partial charge in [-0.25, -0.2) is 9.37 Å². The maximum Gasteiger partial charge on any atom is 0.234 e. The van der Waals surface area contributed by atoms with Gasteiger partial charge in [-0.15, -0.1) is 11.3 Å². The summed E-state index contributed by atoms with van der Waals surface area (Å²) in [7, 11) is 0. The quantitative estimate of drug-likeness (QED) is 0.372. The normalized spacial score (nSPS) is 10.7.